The molecular formula is C25H21FN4O2S. The second-order valence-corrected chi connectivity index (χ2v) is 8.97. The van der Waals surface area contributed by atoms with E-state index in [4.69, 9.17) is 4.52 Å². The number of amides is 2. The molecule has 3 heterocycles. The first-order valence-electron chi connectivity index (χ1n) is 10.4. The Morgan fingerprint density at radius 2 is 1.85 bits per heavy atom. The first-order valence-corrected chi connectivity index (χ1v) is 11.3. The van der Waals surface area contributed by atoms with Crippen molar-refractivity contribution < 1.29 is 13.7 Å². The number of nitrogens with one attached hydrogen (secondary N) is 1. The number of hydrogen-bond donors (Lipinski definition) is 1. The molecule has 5 rings (SSSR count). The fraction of sp³-hybridized carbons (Fsp3) is 0.160. The first kappa shape index (κ1) is 21.1. The van der Waals surface area contributed by atoms with E-state index in [2.05, 4.69) is 15.5 Å². The number of aryl methyl sites for hydroxylation is 2. The van der Waals surface area contributed by atoms with Crippen LogP contribution < -0.4 is 10.2 Å². The fourth-order valence-electron chi connectivity index (χ4n) is 4.19. The topological polar surface area (TPSA) is 71.3 Å². The number of anilines is 1. The molecule has 1 atom stereocenters. The highest BCUT2D eigenvalue weighted by atomic mass is 32.1. The van der Waals surface area contributed by atoms with Gasteiger partial charge in [-0.2, -0.15) is 4.98 Å². The predicted octanol–water partition coefficient (Wildman–Crippen LogP) is 6.26. The number of rotatable bonds is 4. The maximum atomic E-state index is 14.1. The zero-order valence-corrected chi connectivity index (χ0v) is 19.1. The van der Waals surface area contributed by atoms with Gasteiger partial charge >= 0.3 is 6.03 Å². The van der Waals surface area contributed by atoms with Crippen molar-refractivity contribution in [3.63, 3.8) is 0 Å². The van der Waals surface area contributed by atoms with E-state index in [0.29, 0.717) is 22.7 Å². The molecule has 0 aliphatic carbocycles. The Balaban J connectivity index is 1.69. The zero-order valence-electron chi connectivity index (χ0n) is 18.3. The maximum Gasteiger partial charge on any atom is 0.326 e. The van der Waals surface area contributed by atoms with Crippen molar-refractivity contribution >= 4 is 28.6 Å². The zero-order chi connectivity index (χ0) is 23.1. The average Bonchev–Trinajstić information content (AvgIpc) is 3.45. The molecule has 0 fully saturated rings. The van der Waals surface area contributed by atoms with Crippen molar-refractivity contribution in [1.29, 1.82) is 0 Å². The Kier molecular flexibility index (Phi) is 5.30. The summed E-state index contributed by atoms with van der Waals surface area (Å²) in [6.07, 6.45) is 0. The quantitative estimate of drug-likeness (QED) is 0.390. The van der Waals surface area contributed by atoms with Gasteiger partial charge in [0.05, 0.1) is 22.2 Å². The third-order valence-corrected chi connectivity index (χ3v) is 6.40. The number of halogens is 1. The molecule has 1 N–H and O–H groups in total. The summed E-state index contributed by atoms with van der Waals surface area (Å²) in [5.74, 6) is 0.355. The molecule has 1 aliphatic heterocycles. The Morgan fingerprint density at radius 1 is 1.06 bits per heavy atom. The highest BCUT2D eigenvalue weighted by molar-refractivity contribution is 7.13. The maximum absolute atomic E-state index is 14.1. The van der Waals surface area contributed by atoms with Crippen LogP contribution in [-0.2, 0) is 0 Å². The molecule has 1 unspecified atom stereocenters. The van der Waals surface area contributed by atoms with Crippen LogP contribution in [0.5, 0.6) is 0 Å². The Hall–Kier alpha value is -3.78. The summed E-state index contributed by atoms with van der Waals surface area (Å²) in [5.41, 5.74) is 4.66. The number of hydrogen-bond acceptors (Lipinski definition) is 5. The van der Waals surface area contributed by atoms with E-state index in [1.165, 1.54) is 23.5 Å². The number of benzene rings is 2. The Bertz CT molecular complexity index is 1360. The second-order valence-electron chi connectivity index (χ2n) is 8.02. The minimum atomic E-state index is -0.646. The number of carbonyl (C=O) groups is 1. The molecule has 166 valence electrons. The van der Waals surface area contributed by atoms with Gasteiger partial charge in [0.1, 0.15) is 5.82 Å². The number of thiophene rings is 1. The third-order valence-electron chi connectivity index (χ3n) is 5.53. The van der Waals surface area contributed by atoms with Gasteiger partial charge in [-0.15, -0.1) is 11.3 Å². The van der Waals surface area contributed by atoms with E-state index < -0.39 is 6.04 Å². The molecule has 0 saturated carbocycles. The summed E-state index contributed by atoms with van der Waals surface area (Å²) in [5, 5.41) is 9.09. The summed E-state index contributed by atoms with van der Waals surface area (Å²) in [7, 11) is 0. The molecule has 2 aromatic carbocycles. The summed E-state index contributed by atoms with van der Waals surface area (Å²) < 4.78 is 19.7. The number of aromatic nitrogens is 2. The van der Waals surface area contributed by atoms with Crippen LogP contribution in [0.3, 0.4) is 0 Å². The molecule has 0 radical (unpaired) electrons. The van der Waals surface area contributed by atoms with Gasteiger partial charge in [0, 0.05) is 5.70 Å². The first-order chi connectivity index (χ1) is 15.9. The molecule has 8 heteroatoms. The van der Waals surface area contributed by atoms with Gasteiger partial charge in [-0.25, -0.2) is 9.18 Å². The number of allylic oxidation sites excluding steroid dienone is 1. The van der Waals surface area contributed by atoms with Gasteiger partial charge in [-0.3, -0.25) is 4.90 Å². The number of urea groups is 1. The molecule has 0 saturated heterocycles. The number of carbonyl (C=O) groups excluding carboxylic acids is 1. The summed E-state index contributed by atoms with van der Waals surface area (Å²) in [6.45, 7) is 5.81. The normalized spacial score (nSPS) is 16.3. The van der Waals surface area contributed by atoms with Crippen molar-refractivity contribution in [1.82, 2.24) is 15.5 Å². The molecule has 33 heavy (non-hydrogen) atoms. The monoisotopic (exact) mass is 460 g/mol. The van der Waals surface area contributed by atoms with Crippen LogP contribution in [0.25, 0.3) is 16.3 Å². The molecule has 1 aliphatic rings. The van der Waals surface area contributed by atoms with E-state index in [1.807, 2.05) is 56.5 Å². The lowest BCUT2D eigenvalue weighted by Gasteiger charge is -2.35. The lowest BCUT2D eigenvalue weighted by atomic mass is 9.94. The molecule has 4 aromatic rings. The molecule has 0 spiro atoms. The summed E-state index contributed by atoms with van der Waals surface area (Å²) >= 11 is 1.51. The van der Waals surface area contributed by atoms with E-state index in [0.717, 1.165) is 21.7 Å². The molecular weight excluding hydrogens is 439 g/mol. The van der Waals surface area contributed by atoms with Crippen LogP contribution >= 0.6 is 11.3 Å². The SMILES string of the molecule is CC1=C(c2nc(-c3cccs3)no2)C(c2cccc(F)c2)NC(=O)N1c1cc(C)cc(C)c1. The largest absolute Gasteiger partial charge is 0.334 e. The summed E-state index contributed by atoms with van der Waals surface area (Å²) in [6, 6.07) is 15.0. The third kappa shape index (κ3) is 3.93. The van der Waals surface area contributed by atoms with Gasteiger partial charge < -0.3 is 9.84 Å². The van der Waals surface area contributed by atoms with Crippen LogP contribution in [-0.4, -0.2) is 16.2 Å². The van der Waals surface area contributed by atoms with E-state index in [1.54, 1.807) is 17.0 Å². The van der Waals surface area contributed by atoms with E-state index in [9.17, 15) is 9.18 Å². The molecule has 2 aromatic heterocycles. The molecule has 0 bridgehead atoms. The van der Waals surface area contributed by atoms with Crippen molar-refractivity contribution in [2.45, 2.75) is 26.8 Å². The van der Waals surface area contributed by atoms with Gasteiger partial charge in [-0.1, -0.05) is 29.4 Å². The van der Waals surface area contributed by atoms with Crippen LogP contribution in [0.15, 0.2) is 70.2 Å². The molecule has 6 nitrogen and oxygen atoms in total. The average molecular weight is 461 g/mol. The van der Waals surface area contributed by atoms with Crippen molar-refractivity contribution in [3.8, 4) is 10.7 Å². The van der Waals surface area contributed by atoms with Crippen LogP contribution in [0.1, 0.15) is 35.5 Å². The minimum absolute atomic E-state index is 0.277. The number of nitrogens with zero attached hydrogens (tertiary/aromatic N) is 3. The highest BCUT2D eigenvalue weighted by Gasteiger charge is 2.36. The van der Waals surface area contributed by atoms with Gasteiger partial charge in [0.15, 0.2) is 0 Å². The highest BCUT2D eigenvalue weighted by Crippen LogP contribution is 2.39. The molecule has 2 amide bonds. The van der Waals surface area contributed by atoms with Gasteiger partial charge in [0.25, 0.3) is 5.89 Å². The van der Waals surface area contributed by atoms with Gasteiger partial charge in [-0.05, 0) is 73.2 Å². The lowest BCUT2D eigenvalue weighted by molar-refractivity contribution is 0.244. The van der Waals surface area contributed by atoms with Gasteiger partial charge in [0.2, 0.25) is 5.82 Å². The van der Waals surface area contributed by atoms with Crippen LogP contribution in [0.4, 0.5) is 14.9 Å². The Morgan fingerprint density at radius 3 is 2.55 bits per heavy atom. The van der Waals surface area contributed by atoms with E-state index >= 15 is 0 Å². The van der Waals surface area contributed by atoms with Crippen molar-refractivity contribution in [2.24, 2.45) is 0 Å². The standard InChI is InChI=1S/C25H21FN4O2S/c1-14-10-15(2)12-19(11-14)30-16(3)21(24-28-23(29-32-24)20-8-5-9-33-20)22(27-25(30)31)17-6-4-7-18(26)13-17/h4-13,22H,1-3H3,(H,27,31). The minimum Gasteiger partial charge on any atom is -0.334 e. The fourth-order valence-corrected chi connectivity index (χ4v) is 4.83. The van der Waals surface area contributed by atoms with Crippen LogP contribution in [0, 0.1) is 19.7 Å². The van der Waals surface area contributed by atoms with Crippen LogP contribution in [0.2, 0.25) is 0 Å². The Labute approximate surface area is 194 Å². The predicted molar refractivity (Wildman–Crippen MR) is 126 cm³/mol. The lowest BCUT2D eigenvalue weighted by Crippen LogP contribution is -2.46. The van der Waals surface area contributed by atoms with E-state index in [-0.39, 0.29) is 17.7 Å². The second kappa shape index (κ2) is 8.29. The summed E-state index contributed by atoms with van der Waals surface area (Å²) in [4.78, 5) is 20.4. The van der Waals surface area contributed by atoms with Crippen molar-refractivity contribution in [2.75, 3.05) is 4.90 Å². The smallest absolute Gasteiger partial charge is 0.326 e. The van der Waals surface area contributed by atoms with Crippen molar-refractivity contribution in [3.05, 3.63) is 94.1 Å².